The van der Waals surface area contributed by atoms with E-state index in [-0.39, 0.29) is 0 Å². The molecule has 0 radical (unpaired) electrons. The van der Waals surface area contributed by atoms with Crippen LogP contribution in [-0.2, 0) is 6.42 Å². The van der Waals surface area contributed by atoms with Crippen LogP contribution in [-0.4, -0.2) is 42.9 Å². The molecule has 0 aliphatic carbocycles. The molecule has 0 bridgehead atoms. The van der Waals surface area contributed by atoms with Crippen LogP contribution in [0.15, 0.2) is 16.8 Å². The van der Waals surface area contributed by atoms with Gasteiger partial charge in [-0.3, -0.25) is 0 Å². The fourth-order valence-electron chi connectivity index (χ4n) is 1.45. The van der Waals surface area contributed by atoms with Crippen molar-refractivity contribution < 1.29 is 0 Å². The molecule has 0 atom stereocenters. The lowest BCUT2D eigenvalue weighted by molar-refractivity contribution is 0.843. The molecule has 2 rings (SSSR count). The van der Waals surface area contributed by atoms with Gasteiger partial charge < -0.3 is 9.80 Å². The van der Waals surface area contributed by atoms with Gasteiger partial charge in [-0.25, -0.2) is 5.10 Å². The van der Waals surface area contributed by atoms with Gasteiger partial charge in [-0.05, 0) is 28.8 Å². The highest BCUT2D eigenvalue weighted by Gasteiger charge is 2.08. The number of hydrogen-bond donors (Lipinski definition) is 1. The summed E-state index contributed by atoms with van der Waals surface area (Å²) in [5, 5.41) is 11.4. The first-order valence-corrected chi connectivity index (χ1v) is 6.43. The van der Waals surface area contributed by atoms with Crippen LogP contribution < -0.4 is 9.80 Å². The van der Waals surface area contributed by atoms with Crippen molar-refractivity contribution in [3.63, 3.8) is 0 Å². The van der Waals surface area contributed by atoms with E-state index in [1.54, 1.807) is 11.3 Å². The first-order chi connectivity index (χ1) is 8.16. The first-order valence-electron chi connectivity index (χ1n) is 5.49. The highest BCUT2D eigenvalue weighted by Crippen LogP contribution is 2.12. The van der Waals surface area contributed by atoms with E-state index in [0.29, 0.717) is 5.95 Å². The molecule has 1 N–H and O–H groups in total. The van der Waals surface area contributed by atoms with E-state index in [1.165, 1.54) is 5.56 Å². The van der Waals surface area contributed by atoms with E-state index in [0.717, 1.165) is 18.9 Å². The Labute approximate surface area is 105 Å². The minimum absolute atomic E-state index is 0.711. The molecule has 0 spiro atoms. The second-order valence-corrected chi connectivity index (χ2v) is 4.94. The van der Waals surface area contributed by atoms with Crippen molar-refractivity contribution >= 4 is 23.2 Å². The van der Waals surface area contributed by atoms with Gasteiger partial charge in [0.15, 0.2) is 0 Å². The lowest BCUT2D eigenvalue weighted by Crippen LogP contribution is -2.21. The number of aromatic amines is 1. The molecule has 2 aromatic heterocycles. The largest absolute Gasteiger partial charge is 0.346 e. The van der Waals surface area contributed by atoms with Gasteiger partial charge in [-0.2, -0.15) is 16.3 Å². The molecule has 0 aliphatic heterocycles. The molecule has 0 fully saturated rings. The highest BCUT2D eigenvalue weighted by atomic mass is 32.1. The molecule has 2 heterocycles. The van der Waals surface area contributed by atoms with Gasteiger partial charge in [0.25, 0.3) is 0 Å². The zero-order valence-electron chi connectivity index (χ0n) is 10.3. The maximum Gasteiger partial charge on any atom is 0.245 e. The quantitative estimate of drug-likeness (QED) is 0.877. The van der Waals surface area contributed by atoms with E-state index in [2.05, 4.69) is 36.9 Å². The Balaban J connectivity index is 1.92. The van der Waals surface area contributed by atoms with Crippen LogP contribution >= 0.6 is 11.3 Å². The van der Waals surface area contributed by atoms with Crippen molar-refractivity contribution in [3.05, 3.63) is 22.4 Å². The number of rotatable bonds is 5. The number of nitrogens with zero attached hydrogens (tertiary/aromatic N) is 4. The topological polar surface area (TPSA) is 48.1 Å². The van der Waals surface area contributed by atoms with Gasteiger partial charge in [0.1, 0.15) is 0 Å². The number of aromatic nitrogens is 3. The van der Waals surface area contributed by atoms with Gasteiger partial charge in [0.2, 0.25) is 11.9 Å². The van der Waals surface area contributed by atoms with Crippen molar-refractivity contribution in [2.75, 3.05) is 37.5 Å². The van der Waals surface area contributed by atoms with Crippen molar-refractivity contribution in [2.45, 2.75) is 6.42 Å². The maximum atomic E-state index is 4.40. The van der Waals surface area contributed by atoms with Crippen molar-refractivity contribution in [1.82, 2.24) is 15.2 Å². The Kier molecular flexibility index (Phi) is 3.63. The van der Waals surface area contributed by atoms with Gasteiger partial charge in [-0.1, -0.05) is 0 Å². The third-order valence-electron chi connectivity index (χ3n) is 2.54. The number of anilines is 2. The zero-order chi connectivity index (χ0) is 12.3. The number of likely N-dealkylation sites (N-methyl/N-ethyl adjacent to an activating group) is 1. The molecule has 0 aliphatic rings. The summed E-state index contributed by atoms with van der Waals surface area (Å²) in [7, 11) is 5.88. The fraction of sp³-hybridized carbons (Fsp3) is 0.455. The maximum absolute atomic E-state index is 4.40. The van der Waals surface area contributed by atoms with E-state index in [4.69, 9.17) is 0 Å². The smallest absolute Gasteiger partial charge is 0.245 e. The van der Waals surface area contributed by atoms with Crippen molar-refractivity contribution in [2.24, 2.45) is 0 Å². The van der Waals surface area contributed by atoms with Gasteiger partial charge in [0, 0.05) is 27.7 Å². The molecule has 17 heavy (non-hydrogen) atoms. The summed E-state index contributed by atoms with van der Waals surface area (Å²) in [6, 6.07) is 2.16. The van der Waals surface area contributed by atoms with Crippen LogP contribution in [0.1, 0.15) is 5.56 Å². The molecule has 0 aromatic carbocycles. The average Bonchev–Trinajstić information content (AvgIpc) is 2.96. The Hall–Kier alpha value is -1.56. The Bertz CT molecular complexity index is 448. The molecule has 5 nitrogen and oxygen atoms in total. The molecular formula is C11H17N5S. The van der Waals surface area contributed by atoms with E-state index in [9.17, 15) is 0 Å². The van der Waals surface area contributed by atoms with Crippen LogP contribution in [0.2, 0.25) is 0 Å². The van der Waals surface area contributed by atoms with Gasteiger partial charge in [0.05, 0.1) is 0 Å². The zero-order valence-corrected chi connectivity index (χ0v) is 11.2. The van der Waals surface area contributed by atoms with Gasteiger partial charge in [-0.15, -0.1) is 5.10 Å². The van der Waals surface area contributed by atoms with E-state index >= 15 is 0 Å². The molecule has 6 heteroatoms. The number of H-pyrrole nitrogens is 1. The summed E-state index contributed by atoms with van der Waals surface area (Å²) >= 11 is 1.73. The summed E-state index contributed by atoms with van der Waals surface area (Å²) < 4.78 is 0. The average molecular weight is 251 g/mol. The predicted molar refractivity (Wildman–Crippen MR) is 72.0 cm³/mol. The van der Waals surface area contributed by atoms with Crippen LogP contribution in [0.5, 0.6) is 0 Å². The van der Waals surface area contributed by atoms with Crippen LogP contribution in [0.4, 0.5) is 11.9 Å². The molecule has 0 unspecified atom stereocenters. The molecule has 0 saturated carbocycles. The summed E-state index contributed by atoms with van der Waals surface area (Å²) in [6.45, 7) is 0.929. The van der Waals surface area contributed by atoms with E-state index in [1.807, 2.05) is 26.0 Å². The Morgan fingerprint density at radius 2 is 2.18 bits per heavy atom. The van der Waals surface area contributed by atoms with E-state index < -0.39 is 0 Å². The standard InChI is InChI=1S/C11H17N5S/c1-15(2)10-12-11(14-13-10)16(3)6-4-9-5-7-17-8-9/h5,7-8H,4,6H2,1-3H3,(H,12,13,14). The predicted octanol–water partition coefficient (Wildman–Crippen LogP) is 1.61. The second kappa shape index (κ2) is 5.18. The fourth-order valence-corrected chi connectivity index (χ4v) is 2.16. The van der Waals surface area contributed by atoms with Crippen molar-refractivity contribution in [3.8, 4) is 0 Å². The SMILES string of the molecule is CN(C)c1n[nH]c(N(C)CCc2ccsc2)n1. The summed E-state index contributed by atoms with van der Waals surface area (Å²) in [5.74, 6) is 1.52. The Morgan fingerprint density at radius 1 is 1.35 bits per heavy atom. The molecule has 2 aromatic rings. The third-order valence-corrected chi connectivity index (χ3v) is 3.27. The van der Waals surface area contributed by atoms with Crippen molar-refractivity contribution in [1.29, 1.82) is 0 Å². The Morgan fingerprint density at radius 3 is 2.76 bits per heavy atom. The van der Waals surface area contributed by atoms with Gasteiger partial charge >= 0.3 is 0 Å². The summed E-state index contributed by atoms with van der Waals surface area (Å²) in [6.07, 6.45) is 1.03. The second-order valence-electron chi connectivity index (χ2n) is 4.16. The number of thiophene rings is 1. The molecule has 92 valence electrons. The van der Waals surface area contributed by atoms with Crippen LogP contribution in [0.25, 0.3) is 0 Å². The summed E-state index contributed by atoms with van der Waals surface area (Å²) in [4.78, 5) is 8.36. The lowest BCUT2D eigenvalue weighted by Gasteiger charge is -2.14. The number of nitrogens with one attached hydrogen (secondary N) is 1. The minimum atomic E-state index is 0.711. The first kappa shape index (κ1) is 11.9. The minimum Gasteiger partial charge on any atom is -0.346 e. The van der Waals surface area contributed by atoms with Crippen LogP contribution in [0, 0.1) is 0 Å². The monoisotopic (exact) mass is 251 g/mol. The molecular weight excluding hydrogens is 234 g/mol. The molecule has 0 saturated heterocycles. The summed E-state index contributed by atoms with van der Waals surface area (Å²) in [5.41, 5.74) is 1.37. The molecule has 0 amide bonds. The lowest BCUT2D eigenvalue weighted by atomic mass is 10.2. The third kappa shape index (κ3) is 2.97. The van der Waals surface area contributed by atoms with Crippen LogP contribution in [0.3, 0.4) is 0 Å². The highest BCUT2D eigenvalue weighted by molar-refractivity contribution is 7.07. The number of hydrogen-bond acceptors (Lipinski definition) is 5. The normalized spacial score (nSPS) is 10.5.